The summed E-state index contributed by atoms with van der Waals surface area (Å²) in [5.41, 5.74) is 5.48. The van der Waals surface area contributed by atoms with Crippen molar-refractivity contribution in [1.82, 2.24) is 9.97 Å². The third-order valence-electron chi connectivity index (χ3n) is 3.40. The van der Waals surface area contributed by atoms with Crippen LogP contribution in [0.5, 0.6) is 0 Å². The third kappa shape index (κ3) is 2.41. The number of nitrogens with zero attached hydrogens (tertiary/aromatic N) is 2. The van der Waals surface area contributed by atoms with Crippen molar-refractivity contribution in [3.8, 4) is 17.5 Å². The molecule has 0 amide bonds. The highest BCUT2D eigenvalue weighted by atomic mass is 14.9. The SMILES string of the molecule is Cc1ccc(-c2nc3ccc(CCC#N)cc3[nH]2)cc1. The van der Waals surface area contributed by atoms with Gasteiger partial charge in [0.25, 0.3) is 0 Å². The van der Waals surface area contributed by atoms with E-state index in [0.717, 1.165) is 34.4 Å². The number of imidazole rings is 1. The van der Waals surface area contributed by atoms with Gasteiger partial charge < -0.3 is 4.98 Å². The number of aromatic amines is 1. The number of aromatic nitrogens is 2. The molecule has 0 unspecified atom stereocenters. The van der Waals surface area contributed by atoms with Crippen LogP contribution >= 0.6 is 0 Å². The van der Waals surface area contributed by atoms with Crippen molar-refractivity contribution in [1.29, 1.82) is 5.26 Å². The van der Waals surface area contributed by atoms with Crippen molar-refractivity contribution in [3.05, 3.63) is 53.6 Å². The van der Waals surface area contributed by atoms with E-state index >= 15 is 0 Å². The van der Waals surface area contributed by atoms with Gasteiger partial charge in [-0.3, -0.25) is 0 Å². The molecule has 0 bridgehead atoms. The maximum absolute atomic E-state index is 8.65. The van der Waals surface area contributed by atoms with Gasteiger partial charge in [-0.15, -0.1) is 0 Å². The minimum atomic E-state index is 0.546. The summed E-state index contributed by atoms with van der Waals surface area (Å²) in [6.07, 6.45) is 1.33. The zero-order chi connectivity index (χ0) is 13.9. The molecule has 0 atom stereocenters. The molecule has 0 fully saturated rings. The Labute approximate surface area is 117 Å². The van der Waals surface area contributed by atoms with Gasteiger partial charge in [0, 0.05) is 12.0 Å². The Kier molecular flexibility index (Phi) is 3.22. The fraction of sp³-hybridized carbons (Fsp3) is 0.176. The molecule has 3 nitrogen and oxygen atoms in total. The number of rotatable bonds is 3. The normalized spacial score (nSPS) is 10.6. The molecule has 3 aromatic rings. The van der Waals surface area contributed by atoms with Crippen LogP contribution in [0.3, 0.4) is 0 Å². The summed E-state index contributed by atoms with van der Waals surface area (Å²) < 4.78 is 0. The molecule has 2 aromatic carbocycles. The van der Waals surface area contributed by atoms with E-state index in [4.69, 9.17) is 5.26 Å². The molecule has 3 heteroatoms. The molecule has 0 saturated carbocycles. The second-order valence-electron chi connectivity index (χ2n) is 4.96. The maximum atomic E-state index is 8.65. The lowest BCUT2D eigenvalue weighted by molar-refractivity contribution is 1.01. The molecule has 0 aliphatic rings. The van der Waals surface area contributed by atoms with Gasteiger partial charge in [-0.1, -0.05) is 35.9 Å². The molecule has 3 rings (SSSR count). The van der Waals surface area contributed by atoms with Crippen LogP contribution in [0.4, 0.5) is 0 Å². The van der Waals surface area contributed by atoms with Crippen LogP contribution < -0.4 is 0 Å². The second kappa shape index (κ2) is 5.18. The standard InChI is InChI=1S/C17H15N3/c1-12-4-7-14(8-5-12)17-19-15-9-6-13(3-2-10-18)11-16(15)20-17/h4-9,11H,2-3H2,1H3,(H,19,20). The highest BCUT2D eigenvalue weighted by Gasteiger charge is 2.05. The summed E-state index contributed by atoms with van der Waals surface area (Å²) in [6.45, 7) is 2.07. The molecule has 0 spiro atoms. The topological polar surface area (TPSA) is 52.5 Å². The number of nitriles is 1. The summed E-state index contributed by atoms with van der Waals surface area (Å²) in [5.74, 6) is 0.887. The van der Waals surface area contributed by atoms with Gasteiger partial charge in [0.1, 0.15) is 5.82 Å². The molecule has 1 heterocycles. The Morgan fingerprint density at radius 2 is 1.95 bits per heavy atom. The van der Waals surface area contributed by atoms with Crippen molar-refractivity contribution in [2.24, 2.45) is 0 Å². The lowest BCUT2D eigenvalue weighted by atomic mass is 10.1. The molecular formula is C17H15N3. The van der Waals surface area contributed by atoms with Gasteiger partial charge in [-0.05, 0) is 31.0 Å². The zero-order valence-corrected chi connectivity index (χ0v) is 11.4. The molecule has 1 N–H and O–H groups in total. The lowest BCUT2D eigenvalue weighted by Gasteiger charge is -1.97. The first-order valence-electron chi connectivity index (χ1n) is 6.69. The van der Waals surface area contributed by atoms with Crippen LogP contribution in [0, 0.1) is 18.3 Å². The number of fused-ring (bicyclic) bond motifs is 1. The van der Waals surface area contributed by atoms with E-state index in [0.29, 0.717) is 6.42 Å². The Bertz CT molecular complexity index is 776. The average molecular weight is 261 g/mol. The molecule has 1 aromatic heterocycles. The number of hydrogen-bond acceptors (Lipinski definition) is 2. The quantitative estimate of drug-likeness (QED) is 0.774. The monoisotopic (exact) mass is 261 g/mol. The molecule has 0 saturated heterocycles. The predicted octanol–water partition coefficient (Wildman–Crippen LogP) is 3.99. The average Bonchev–Trinajstić information content (AvgIpc) is 2.89. The van der Waals surface area contributed by atoms with Crippen LogP contribution in [-0.2, 0) is 6.42 Å². The number of nitrogens with one attached hydrogen (secondary N) is 1. The van der Waals surface area contributed by atoms with E-state index in [1.807, 2.05) is 12.1 Å². The first-order chi connectivity index (χ1) is 9.76. The van der Waals surface area contributed by atoms with E-state index in [9.17, 15) is 0 Å². The number of H-pyrrole nitrogens is 1. The summed E-state index contributed by atoms with van der Waals surface area (Å²) in [4.78, 5) is 7.97. The van der Waals surface area contributed by atoms with Crippen LogP contribution in [0.1, 0.15) is 17.5 Å². The Balaban J connectivity index is 1.98. The molecule has 0 aliphatic heterocycles. The number of benzene rings is 2. The minimum Gasteiger partial charge on any atom is -0.338 e. The molecule has 0 aliphatic carbocycles. The van der Waals surface area contributed by atoms with Crippen LogP contribution in [-0.4, -0.2) is 9.97 Å². The molecule has 20 heavy (non-hydrogen) atoms. The van der Waals surface area contributed by atoms with E-state index in [-0.39, 0.29) is 0 Å². The molecular weight excluding hydrogens is 246 g/mol. The highest BCUT2D eigenvalue weighted by molar-refractivity contribution is 5.80. The zero-order valence-electron chi connectivity index (χ0n) is 11.4. The van der Waals surface area contributed by atoms with Gasteiger partial charge in [0.2, 0.25) is 0 Å². The smallest absolute Gasteiger partial charge is 0.138 e. The third-order valence-corrected chi connectivity index (χ3v) is 3.40. The lowest BCUT2D eigenvalue weighted by Crippen LogP contribution is -1.83. The van der Waals surface area contributed by atoms with Gasteiger partial charge >= 0.3 is 0 Å². The predicted molar refractivity (Wildman–Crippen MR) is 80.2 cm³/mol. The van der Waals surface area contributed by atoms with Gasteiger partial charge in [0.05, 0.1) is 17.1 Å². The Morgan fingerprint density at radius 1 is 1.15 bits per heavy atom. The van der Waals surface area contributed by atoms with E-state index in [2.05, 4.69) is 53.3 Å². The summed E-state index contributed by atoms with van der Waals surface area (Å²) in [7, 11) is 0. The fourth-order valence-corrected chi connectivity index (χ4v) is 2.26. The first kappa shape index (κ1) is 12.4. The summed E-state index contributed by atoms with van der Waals surface area (Å²) in [6, 6.07) is 16.6. The van der Waals surface area contributed by atoms with Crippen LogP contribution in [0.2, 0.25) is 0 Å². The first-order valence-corrected chi connectivity index (χ1v) is 6.69. The fourth-order valence-electron chi connectivity index (χ4n) is 2.26. The van der Waals surface area contributed by atoms with Gasteiger partial charge in [-0.25, -0.2) is 4.98 Å². The van der Waals surface area contributed by atoms with Crippen molar-refractivity contribution in [2.75, 3.05) is 0 Å². The second-order valence-corrected chi connectivity index (χ2v) is 4.96. The summed E-state index contributed by atoms with van der Waals surface area (Å²) >= 11 is 0. The van der Waals surface area contributed by atoms with Crippen molar-refractivity contribution < 1.29 is 0 Å². The molecule has 98 valence electrons. The highest BCUT2D eigenvalue weighted by Crippen LogP contribution is 2.22. The van der Waals surface area contributed by atoms with Gasteiger partial charge in [-0.2, -0.15) is 5.26 Å². The maximum Gasteiger partial charge on any atom is 0.138 e. The minimum absolute atomic E-state index is 0.546. The van der Waals surface area contributed by atoms with E-state index in [1.165, 1.54) is 5.56 Å². The van der Waals surface area contributed by atoms with Crippen molar-refractivity contribution in [3.63, 3.8) is 0 Å². The molecule has 0 radical (unpaired) electrons. The van der Waals surface area contributed by atoms with Crippen molar-refractivity contribution in [2.45, 2.75) is 19.8 Å². The van der Waals surface area contributed by atoms with E-state index < -0.39 is 0 Å². The number of aryl methyl sites for hydroxylation is 2. The number of hydrogen-bond donors (Lipinski definition) is 1. The Morgan fingerprint density at radius 3 is 2.70 bits per heavy atom. The van der Waals surface area contributed by atoms with Crippen molar-refractivity contribution >= 4 is 11.0 Å². The van der Waals surface area contributed by atoms with E-state index in [1.54, 1.807) is 0 Å². The Hall–Kier alpha value is -2.60. The van der Waals surface area contributed by atoms with Crippen LogP contribution in [0.25, 0.3) is 22.4 Å². The summed E-state index contributed by atoms with van der Waals surface area (Å²) in [5, 5.41) is 8.65. The van der Waals surface area contributed by atoms with Gasteiger partial charge in [0.15, 0.2) is 0 Å². The largest absolute Gasteiger partial charge is 0.338 e. The van der Waals surface area contributed by atoms with Crippen LogP contribution in [0.15, 0.2) is 42.5 Å².